The molecule has 3 aromatic carbocycles. The summed E-state index contributed by atoms with van der Waals surface area (Å²) in [5.41, 5.74) is 3.65. The predicted molar refractivity (Wildman–Crippen MR) is 98.7 cm³/mol. The third-order valence-electron chi connectivity index (χ3n) is 4.78. The Morgan fingerprint density at radius 1 is 0.920 bits per heavy atom. The zero-order chi connectivity index (χ0) is 16.8. The molecule has 0 spiro atoms. The predicted octanol–water partition coefficient (Wildman–Crippen LogP) is 4.80. The first-order valence-electron chi connectivity index (χ1n) is 8.42. The molecule has 1 aromatic heterocycles. The second-order valence-corrected chi connectivity index (χ2v) is 6.24. The van der Waals surface area contributed by atoms with Crippen molar-refractivity contribution in [2.45, 2.75) is 6.42 Å². The number of rotatable bonds is 2. The van der Waals surface area contributed by atoms with E-state index < -0.39 is 0 Å². The van der Waals surface area contributed by atoms with E-state index in [4.69, 9.17) is 5.10 Å². The molecule has 3 nitrogen and oxygen atoms in total. The number of nitrogens with one attached hydrogen (secondary N) is 1. The van der Waals surface area contributed by atoms with Gasteiger partial charge in [-0.2, -0.15) is 5.10 Å². The Morgan fingerprint density at radius 2 is 1.72 bits per heavy atom. The van der Waals surface area contributed by atoms with Crippen molar-refractivity contribution >= 4 is 16.6 Å². The van der Waals surface area contributed by atoms with Crippen molar-refractivity contribution < 1.29 is 4.39 Å². The number of fused-ring (bicyclic) bond motifs is 2. The molecule has 5 rings (SSSR count). The molecule has 4 heteroatoms. The first-order valence-corrected chi connectivity index (χ1v) is 8.42. The fraction of sp³-hybridized carbons (Fsp3) is 0.0952. The topological polar surface area (TPSA) is 29.9 Å². The smallest absolute Gasteiger partial charge is 0.148 e. The maximum absolute atomic E-state index is 14.3. The van der Waals surface area contributed by atoms with E-state index in [1.807, 2.05) is 18.2 Å². The fourth-order valence-corrected chi connectivity index (χ4v) is 3.62. The molecule has 1 aliphatic rings. The van der Waals surface area contributed by atoms with Crippen LogP contribution in [0.2, 0.25) is 0 Å². The maximum Gasteiger partial charge on any atom is 0.148 e. The molecule has 0 fully saturated rings. The molecule has 0 amide bonds. The number of anilines is 1. The van der Waals surface area contributed by atoms with Gasteiger partial charge < -0.3 is 5.32 Å². The number of benzene rings is 3. The number of nitrogens with zero attached hydrogens (tertiary/aromatic N) is 2. The van der Waals surface area contributed by atoms with Crippen LogP contribution >= 0.6 is 0 Å². The molecule has 4 aromatic rings. The highest BCUT2D eigenvalue weighted by Gasteiger charge is 2.25. The van der Waals surface area contributed by atoms with Crippen molar-refractivity contribution in [3.63, 3.8) is 0 Å². The quantitative estimate of drug-likeness (QED) is 0.572. The highest BCUT2D eigenvalue weighted by atomic mass is 19.1. The molecule has 1 N–H and O–H groups in total. The lowest BCUT2D eigenvalue weighted by Gasteiger charge is -2.07. The Morgan fingerprint density at radius 3 is 2.64 bits per heavy atom. The molecule has 122 valence electrons. The van der Waals surface area contributed by atoms with Crippen LogP contribution in [0.4, 0.5) is 10.2 Å². The van der Waals surface area contributed by atoms with Crippen molar-refractivity contribution in [3.8, 4) is 16.9 Å². The maximum atomic E-state index is 14.3. The molecular weight excluding hydrogens is 313 g/mol. The molecule has 1 aliphatic heterocycles. The molecule has 0 unspecified atom stereocenters. The summed E-state index contributed by atoms with van der Waals surface area (Å²) in [5.74, 6) is 0.624. The summed E-state index contributed by atoms with van der Waals surface area (Å²) in [6.07, 6.45) is 0.891. The van der Waals surface area contributed by atoms with Crippen molar-refractivity contribution in [3.05, 3.63) is 78.1 Å². The lowest BCUT2D eigenvalue weighted by Crippen LogP contribution is -2.05. The van der Waals surface area contributed by atoms with Crippen LogP contribution in [0.25, 0.3) is 27.7 Å². The van der Waals surface area contributed by atoms with E-state index >= 15 is 0 Å². The molecular formula is C21H16FN3. The number of hydrogen-bond donors (Lipinski definition) is 1. The second kappa shape index (κ2) is 5.45. The molecule has 2 heterocycles. The molecule has 0 saturated heterocycles. The van der Waals surface area contributed by atoms with E-state index in [1.54, 1.807) is 16.8 Å². The van der Waals surface area contributed by atoms with E-state index in [9.17, 15) is 4.39 Å². The standard InChI is InChI=1S/C21H16FN3/c22-18-10-3-4-11-19(18)25-21-17(12-13-23-21)20(24-25)16-9-5-7-14-6-1-2-8-15(14)16/h1-11,23H,12-13H2. The number of halogens is 1. The van der Waals surface area contributed by atoms with Crippen LogP contribution in [-0.2, 0) is 6.42 Å². The van der Waals surface area contributed by atoms with Crippen LogP contribution in [0.15, 0.2) is 66.7 Å². The Labute approximate surface area is 144 Å². The van der Waals surface area contributed by atoms with Gasteiger partial charge >= 0.3 is 0 Å². The van der Waals surface area contributed by atoms with Gasteiger partial charge in [-0.3, -0.25) is 0 Å². The van der Waals surface area contributed by atoms with Crippen molar-refractivity contribution in [1.29, 1.82) is 0 Å². The van der Waals surface area contributed by atoms with Crippen LogP contribution in [0, 0.1) is 5.82 Å². The lowest BCUT2D eigenvalue weighted by atomic mass is 9.99. The van der Waals surface area contributed by atoms with Gasteiger partial charge in [0, 0.05) is 17.7 Å². The van der Waals surface area contributed by atoms with Crippen LogP contribution in [0.1, 0.15) is 5.56 Å². The van der Waals surface area contributed by atoms with Gasteiger partial charge in [0.25, 0.3) is 0 Å². The van der Waals surface area contributed by atoms with Gasteiger partial charge in [-0.05, 0) is 29.3 Å². The highest BCUT2D eigenvalue weighted by Crippen LogP contribution is 2.37. The third kappa shape index (κ3) is 2.14. The number of aromatic nitrogens is 2. The van der Waals surface area contributed by atoms with Crippen LogP contribution in [-0.4, -0.2) is 16.3 Å². The zero-order valence-electron chi connectivity index (χ0n) is 13.5. The summed E-state index contributed by atoms with van der Waals surface area (Å²) in [7, 11) is 0. The van der Waals surface area contributed by atoms with Gasteiger partial charge in [0.1, 0.15) is 17.3 Å². The molecule has 0 atom stereocenters. The molecule has 0 bridgehead atoms. The van der Waals surface area contributed by atoms with Gasteiger partial charge in [-0.1, -0.05) is 54.6 Å². The van der Waals surface area contributed by atoms with E-state index in [1.165, 1.54) is 11.5 Å². The van der Waals surface area contributed by atoms with Gasteiger partial charge in [-0.15, -0.1) is 0 Å². The molecule has 0 aliphatic carbocycles. The minimum absolute atomic E-state index is 0.272. The Bertz CT molecular complexity index is 1090. The van der Waals surface area contributed by atoms with Gasteiger partial charge in [0.05, 0.1) is 5.69 Å². The van der Waals surface area contributed by atoms with Crippen molar-refractivity contribution in [2.24, 2.45) is 0 Å². The Kier molecular flexibility index (Phi) is 3.10. The third-order valence-corrected chi connectivity index (χ3v) is 4.78. The van der Waals surface area contributed by atoms with Gasteiger partial charge in [0.2, 0.25) is 0 Å². The lowest BCUT2D eigenvalue weighted by molar-refractivity contribution is 0.612. The summed E-state index contributed by atoms with van der Waals surface area (Å²) in [6.45, 7) is 0.847. The SMILES string of the molecule is Fc1ccccc1-n1nc(-c2cccc3ccccc23)c2c1NCC2. The molecule has 0 saturated carbocycles. The van der Waals surface area contributed by atoms with Crippen LogP contribution in [0.5, 0.6) is 0 Å². The average molecular weight is 329 g/mol. The Balaban J connectivity index is 1.79. The minimum Gasteiger partial charge on any atom is -0.369 e. The van der Waals surface area contributed by atoms with Crippen LogP contribution in [0.3, 0.4) is 0 Å². The normalized spacial score (nSPS) is 13.0. The molecule has 25 heavy (non-hydrogen) atoms. The van der Waals surface area contributed by atoms with Gasteiger partial charge in [-0.25, -0.2) is 9.07 Å². The Hall–Kier alpha value is -3.14. The van der Waals surface area contributed by atoms with E-state index in [2.05, 4.69) is 35.6 Å². The van der Waals surface area contributed by atoms with Gasteiger partial charge in [0.15, 0.2) is 0 Å². The fourth-order valence-electron chi connectivity index (χ4n) is 3.62. The largest absolute Gasteiger partial charge is 0.369 e. The van der Waals surface area contributed by atoms with Crippen LogP contribution < -0.4 is 5.32 Å². The van der Waals surface area contributed by atoms with E-state index in [0.29, 0.717) is 5.69 Å². The zero-order valence-corrected chi connectivity index (χ0v) is 13.5. The summed E-state index contributed by atoms with van der Waals surface area (Å²) < 4.78 is 16.0. The number of para-hydroxylation sites is 1. The summed E-state index contributed by atoms with van der Waals surface area (Å²) >= 11 is 0. The summed E-state index contributed by atoms with van der Waals surface area (Å²) in [4.78, 5) is 0. The highest BCUT2D eigenvalue weighted by molar-refractivity contribution is 5.97. The minimum atomic E-state index is -0.272. The summed E-state index contributed by atoms with van der Waals surface area (Å²) in [5, 5.41) is 10.5. The van der Waals surface area contributed by atoms with Crippen molar-refractivity contribution in [2.75, 3.05) is 11.9 Å². The van der Waals surface area contributed by atoms with Crippen molar-refractivity contribution in [1.82, 2.24) is 9.78 Å². The van der Waals surface area contributed by atoms with E-state index in [0.717, 1.165) is 41.0 Å². The first-order chi connectivity index (χ1) is 12.3. The molecule has 0 radical (unpaired) electrons. The average Bonchev–Trinajstić information content (AvgIpc) is 3.25. The first kappa shape index (κ1) is 14.2. The second-order valence-electron chi connectivity index (χ2n) is 6.24. The summed E-state index contributed by atoms with van der Waals surface area (Å²) in [6, 6.07) is 21.3. The van der Waals surface area contributed by atoms with E-state index in [-0.39, 0.29) is 5.82 Å². The monoisotopic (exact) mass is 329 g/mol. The number of hydrogen-bond acceptors (Lipinski definition) is 2.